The smallest absolute Gasteiger partial charge is 0.335 e. The zero-order chi connectivity index (χ0) is 11.7. The van der Waals surface area contributed by atoms with E-state index in [1.54, 1.807) is 6.07 Å². The summed E-state index contributed by atoms with van der Waals surface area (Å²) >= 11 is 0. The summed E-state index contributed by atoms with van der Waals surface area (Å²) in [7, 11) is 0. The maximum Gasteiger partial charge on any atom is 0.335 e. The molecule has 0 spiro atoms. The van der Waals surface area contributed by atoms with E-state index < -0.39 is 5.97 Å². The summed E-state index contributed by atoms with van der Waals surface area (Å²) in [5.41, 5.74) is 2.80. The van der Waals surface area contributed by atoms with Gasteiger partial charge in [0.2, 0.25) is 0 Å². The first-order valence-electron chi connectivity index (χ1n) is 5.79. The van der Waals surface area contributed by atoms with Gasteiger partial charge < -0.3 is 10.0 Å². The highest BCUT2D eigenvalue weighted by Gasteiger charge is 2.27. The molecular formula is C13H17NO2. The molecule has 16 heavy (non-hydrogen) atoms. The quantitative estimate of drug-likeness (QED) is 0.849. The maximum absolute atomic E-state index is 10.9. The lowest BCUT2D eigenvalue weighted by molar-refractivity contribution is 0.0697. The van der Waals surface area contributed by atoms with E-state index in [1.165, 1.54) is 11.3 Å². The van der Waals surface area contributed by atoms with Gasteiger partial charge in [0.25, 0.3) is 0 Å². The molecule has 0 saturated heterocycles. The second kappa shape index (κ2) is 4.16. The van der Waals surface area contributed by atoms with E-state index in [2.05, 4.69) is 18.7 Å². The van der Waals surface area contributed by atoms with Crippen LogP contribution in [0.25, 0.3) is 0 Å². The Labute approximate surface area is 95.7 Å². The van der Waals surface area contributed by atoms with E-state index >= 15 is 0 Å². The van der Waals surface area contributed by atoms with Crippen LogP contribution >= 0.6 is 0 Å². The van der Waals surface area contributed by atoms with Crippen molar-refractivity contribution in [3.05, 3.63) is 29.3 Å². The van der Waals surface area contributed by atoms with Gasteiger partial charge in [0.05, 0.1) is 5.56 Å². The number of anilines is 1. The van der Waals surface area contributed by atoms with Crippen molar-refractivity contribution in [3.63, 3.8) is 0 Å². The second-order valence-electron chi connectivity index (χ2n) is 4.22. The Hall–Kier alpha value is -1.51. The van der Waals surface area contributed by atoms with E-state index in [0.29, 0.717) is 11.5 Å². The van der Waals surface area contributed by atoms with E-state index in [9.17, 15) is 4.79 Å². The third-order valence-electron chi connectivity index (χ3n) is 3.37. The van der Waals surface area contributed by atoms with Gasteiger partial charge in [0.15, 0.2) is 0 Å². The van der Waals surface area contributed by atoms with Crippen molar-refractivity contribution in [1.82, 2.24) is 0 Å². The van der Waals surface area contributed by atoms with Crippen LogP contribution in [0.5, 0.6) is 0 Å². The second-order valence-corrected chi connectivity index (χ2v) is 4.22. The van der Waals surface area contributed by atoms with Gasteiger partial charge >= 0.3 is 5.97 Å². The minimum Gasteiger partial charge on any atom is -0.478 e. The topological polar surface area (TPSA) is 40.5 Å². The van der Waals surface area contributed by atoms with Crippen molar-refractivity contribution >= 4 is 11.7 Å². The Balaban J connectivity index is 2.44. The molecule has 1 heterocycles. The molecule has 3 nitrogen and oxygen atoms in total. The molecule has 0 aliphatic carbocycles. The molecule has 0 bridgehead atoms. The number of hydrogen-bond acceptors (Lipinski definition) is 2. The number of fused-ring (bicyclic) bond motifs is 1. The molecule has 1 unspecified atom stereocenters. The molecule has 3 heteroatoms. The highest BCUT2D eigenvalue weighted by atomic mass is 16.4. The molecule has 1 aliphatic rings. The molecule has 0 radical (unpaired) electrons. The van der Waals surface area contributed by atoms with Gasteiger partial charge in [-0.05, 0) is 37.1 Å². The van der Waals surface area contributed by atoms with Gasteiger partial charge in [-0.15, -0.1) is 0 Å². The highest BCUT2D eigenvalue weighted by molar-refractivity contribution is 5.89. The molecule has 0 fully saturated rings. The molecule has 1 N–H and O–H groups in total. The summed E-state index contributed by atoms with van der Waals surface area (Å²) < 4.78 is 0. The van der Waals surface area contributed by atoms with Crippen LogP contribution in [0.4, 0.5) is 5.69 Å². The first-order valence-corrected chi connectivity index (χ1v) is 5.79. The standard InChI is InChI=1S/C13H17NO2/c1-3-9-8-14(4-2)12-6-5-10(13(15)16)7-11(9)12/h5-7,9H,3-4,8H2,1-2H3,(H,15,16). The predicted molar refractivity (Wildman–Crippen MR) is 64.3 cm³/mol. The number of aromatic carboxylic acids is 1. The van der Waals surface area contributed by atoms with Gasteiger partial charge in [0.1, 0.15) is 0 Å². The predicted octanol–water partition coefficient (Wildman–Crippen LogP) is 2.72. The molecule has 0 amide bonds. The molecule has 86 valence electrons. The molecule has 1 aromatic carbocycles. The summed E-state index contributed by atoms with van der Waals surface area (Å²) in [4.78, 5) is 13.2. The van der Waals surface area contributed by atoms with Crippen LogP contribution in [0.15, 0.2) is 18.2 Å². The fraction of sp³-hybridized carbons (Fsp3) is 0.462. The normalized spacial score (nSPS) is 18.6. The van der Waals surface area contributed by atoms with Gasteiger partial charge in [-0.2, -0.15) is 0 Å². The highest BCUT2D eigenvalue weighted by Crippen LogP contribution is 2.38. The van der Waals surface area contributed by atoms with Gasteiger partial charge in [-0.1, -0.05) is 6.92 Å². The Morgan fingerprint density at radius 3 is 2.81 bits per heavy atom. The summed E-state index contributed by atoms with van der Waals surface area (Å²) in [6.45, 7) is 6.29. The number of rotatable bonds is 3. The lowest BCUT2D eigenvalue weighted by Gasteiger charge is -2.16. The van der Waals surface area contributed by atoms with Crippen LogP contribution in [0.1, 0.15) is 42.1 Å². The van der Waals surface area contributed by atoms with E-state index in [0.717, 1.165) is 19.5 Å². The van der Waals surface area contributed by atoms with Crippen LogP contribution < -0.4 is 4.90 Å². The molecule has 1 aromatic rings. The lowest BCUT2D eigenvalue weighted by atomic mass is 9.97. The largest absolute Gasteiger partial charge is 0.478 e. The fourth-order valence-electron chi connectivity index (χ4n) is 2.41. The monoisotopic (exact) mass is 219 g/mol. The first kappa shape index (κ1) is 11.0. The average molecular weight is 219 g/mol. The third-order valence-corrected chi connectivity index (χ3v) is 3.37. The van der Waals surface area contributed by atoms with Crippen molar-refractivity contribution in [2.75, 3.05) is 18.0 Å². The zero-order valence-electron chi connectivity index (χ0n) is 9.73. The third kappa shape index (κ3) is 1.66. The molecule has 0 saturated carbocycles. The summed E-state index contributed by atoms with van der Waals surface area (Å²) in [6.07, 6.45) is 1.06. The SMILES string of the molecule is CCC1CN(CC)c2ccc(C(=O)O)cc21. The van der Waals surface area contributed by atoms with E-state index in [1.807, 2.05) is 12.1 Å². The average Bonchev–Trinajstić information content (AvgIpc) is 2.65. The summed E-state index contributed by atoms with van der Waals surface area (Å²) in [5, 5.41) is 8.98. The molecule has 2 rings (SSSR count). The number of nitrogens with zero attached hydrogens (tertiary/aromatic N) is 1. The van der Waals surface area contributed by atoms with Crippen molar-refractivity contribution in [2.24, 2.45) is 0 Å². The Kier molecular flexibility index (Phi) is 2.86. The number of carboxylic acids is 1. The van der Waals surface area contributed by atoms with Crippen molar-refractivity contribution in [1.29, 1.82) is 0 Å². The van der Waals surface area contributed by atoms with Gasteiger partial charge in [-0.3, -0.25) is 0 Å². The minimum atomic E-state index is -0.840. The van der Waals surface area contributed by atoms with Crippen molar-refractivity contribution in [3.8, 4) is 0 Å². The molecule has 1 atom stereocenters. The first-order chi connectivity index (χ1) is 7.67. The number of likely N-dealkylation sites (N-methyl/N-ethyl adjacent to an activating group) is 1. The Morgan fingerprint density at radius 2 is 2.25 bits per heavy atom. The van der Waals surface area contributed by atoms with Gasteiger partial charge in [0, 0.05) is 24.7 Å². The van der Waals surface area contributed by atoms with Gasteiger partial charge in [-0.25, -0.2) is 4.79 Å². The zero-order valence-corrected chi connectivity index (χ0v) is 9.73. The number of carboxylic acid groups (broad SMARTS) is 1. The fourth-order valence-corrected chi connectivity index (χ4v) is 2.41. The number of carbonyl (C=O) groups is 1. The number of benzene rings is 1. The Morgan fingerprint density at radius 1 is 1.50 bits per heavy atom. The molecular weight excluding hydrogens is 202 g/mol. The van der Waals surface area contributed by atoms with Crippen LogP contribution in [0, 0.1) is 0 Å². The van der Waals surface area contributed by atoms with Crippen molar-refractivity contribution in [2.45, 2.75) is 26.2 Å². The number of hydrogen-bond donors (Lipinski definition) is 1. The van der Waals surface area contributed by atoms with Crippen molar-refractivity contribution < 1.29 is 9.90 Å². The molecule has 0 aromatic heterocycles. The minimum absolute atomic E-state index is 0.398. The lowest BCUT2D eigenvalue weighted by Crippen LogP contribution is -2.20. The Bertz CT molecular complexity index is 414. The molecule has 1 aliphatic heterocycles. The van der Waals surface area contributed by atoms with Crippen LogP contribution in [-0.4, -0.2) is 24.2 Å². The van der Waals surface area contributed by atoms with E-state index in [-0.39, 0.29) is 0 Å². The van der Waals surface area contributed by atoms with Crippen LogP contribution in [0.2, 0.25) is 0 Å². The maximum atomic E-state index is 10.9. The van der Waals surface area contributed by atoms with E-state index in [4.69, 9.17) is 5.11 Å². The van der Waals surface area contributed by atoms with Crippen LogP contribution in [0.3, 0.4) is 0 Å². The van der Waals surface area contributed by atoms with Crippen LogP contribution in [-0.2, 0) is 0 Å². The summed E-state index contributed by atoms with van der Waals surface area (Å²) in [6, 6.07) is 5.47. The summed E-state index contributed by atoms with van der Waals surface area (Å²) in [5.74, 6) is -0.359.